The number of halogens is 1. The highest BCUT2D eigenvalue weighted by Crippen LogP contribution is 2.47. The maximum Gasteiger partial charge on any atom is 0.194 e. The van der Waals surface area contributed by atoms with E-state index in [9.17, 15) is 0 Å². The Bertz CT molecular complexity index is 709. The van der Waals surface area contributed by atoms with E-state index in [0.29, 0.717) is 30.6 Å². The molecule has 0 amide bonds. The van der Waals surface area contributed by atoms with Gasteiger partial charge in [-0.15, -0.1) is 24.0 Å². The standard InChI is InChI=1S/C21H31N5O2.HI/c1-2-22-21(26-13-16-17(14-26)19-4-3-18(16)28-19)24-12-15-5-6-23-20(11-15)25-7-9-27-10-8-25;/h5-6,11,16-19H,2-4,7-10,12-14H2,1H3,(H,22,24);1H. The fourth-order valence-corrected chi connectivity index (χ4v) is 5.25. The molecule has 5 heterocycles. The summed E-state index contributed by atoms with van der Waals surface area (Å²) in [4.78, 5) is 14.3. The molecule has 4 fully saturated rings. The zero-order valence-electron chi connectivity index (χ0n) is 17.1. The normalized spacial score (nSPS) is 31.0. The van der Waals surface area contributed by atoms with Crippen LogP contribution in [0, 0.1) is 11.8 Å². The summed E-state index contributed by atoms with van der Waals surface area (Å²) in [6.45, 7) is 9.23. The van der Waals surface area contributed by atoms with Crippen LogP contribution in [0.2, 0.25) is 0 Å². The highest BCUT2D eigenvalue weighted by Gasteiger charge is 2.53. The number of aromatic nitrogens is 1. The summed E-state index contributed by atoms with van der Waals surface area (Å²) in [6, 6.07) is 4.25. The first-order valence-corrected chi connectivity index (χ1v) is 10.8. The molecule has 2 bridgehead atoms. The Kier molecular flexibility index (Phi) is 6.80. The molecule has 8 heteroatoms. The number of nitrogens with one attached hydrogen (secondary N) is 1. The molecule has 0 aromatic carbocycles. The van der Waals surface area contributed by atoms with E-state index in [0.717, 1.165) is 57.7 Å². The van der Waals surface area contributed by atoms with Crippen molar-refractivity contribution in [2.75, 3.05) is 50.8 Å². The van der Waals surface area contributed by atoms with E-state index in [-0.39, 0.29) is 24.0 Å². The van der Waals surface area contributed by atoms with Crippen LogP contribution >= 0.6 is 24.0 Å². The van der Waals surface area contributed by atoms with E-state index in [1.165, 1.54) is 18.4 Å². The average Bonchev–Trinajstić information content (AvgIpc) is 3.45. The van der Waals surface area contributed by atoms with Crippen LogP contribution in [0.1, 0.15) is 25.3 Å². The van der Waals surface area contributed by atoms with Crippen LogP contribution in [0.3, 0.4) is 0 Å². The Balaban J connectivity index is 0.00000205. The first-order chi connectivity index (χ1) is 13.8. The number of ether oxygens (including phenoxy) is 2. The molecule has 5 rings (SSSR count). The van der Waals surface area contributed by atoms with Crippen molar-refractivity contribution in [3.05, 3.63) is 23.9 Å². The molecule has 4 unspecified atom stereocenters. The number of pyridine rings is 1. The molecule has 160 valence electrons. The van der Waals surface area contributed by atoms with Gasteiger partial charge in [-0.25, -0.2) is 9.98 Å². The number of nitrogens with zero attached hydrogens (tertiary/aromatic N) is 4. The van der Waals surface area contributed by atoms with Crippen LogP contribution in [0.15, 0.2) is 23.3 Å². The highest BCUT2D eigenvalue weighted by atomic mass is 127. The Labute approximate surface area is 190 Å². The van der Waals surface area contributed by atoms with Gasteiger partial charge in [-0.3, -0.25) is 0 Å². The highest BCUT2D eigenvalue weighted by molar-refractivity contribution is 14.0. The second kappa shape index (κ2) is 9.34. The van der Waals surface area contributed by atoms with E-state index in [1.807, 2.05) is 6.20 Å². The topological polar surface area (TPSA) is 62.2 Å². The molecule has 4 atom stereocenters. The summed E-state index contributed by atoms with van der Waals surface area (Å²) in [7, 11) is 0. The second-order valence-corrected chi connectivity index (χ2v) is 8.31. The van der Waals surface area contributed by atoms with E-state index >= 15 is 0 Å². The van der Waals surface area contributed by atoms with Crippen molar-refractivity contribution in [3.8, 4) is 0 Å². The number of morpholine rings is 1. The van der Waals surface area contributed by atoms with Crippen molar-refractivity contribution in [1.29, 1.82) is 0 Å². The van der Waals surface area contributed by atoms with E-state index in [2.05, 4.69) is 39.2 Å². The smallest absolute Gasteiger partial charge is 0.194 e. The summed E-state index contributed by atoms with van der Waals surface area (Å²) in [5.74, 6) is 3.46. The lowest BCUT2D eigenvalue weighted by Crippen LogP contribution is -2.41. The van der Waals surface area contributed by atoms with Gasteiger partial charge in [0.25, 0.3) is 0 Å². The van der Waals surface area contributed by atoms with Gasteiger partial charge in [-0.2, -0.15) is 0 Å². The third kappa shape index (κ3) is 4.34. The van der Waals surface area contributed by atoms with Crippen molar-refractivity contribution in [2.45, 2.75) is 38.5 Å². The Hall–Kier alpha value is -1.13. The Morgan fingerprint density at radius 1 is 1.21 bits per heavy atom. The molecule has 1 aromatic rings. The van der Waals surface area contributed by atoms with Crippen LogP contribution in [0.5, 0.6) is 0 Å². The summed E-state index contributed by atoms with van der Waals surface area (Å²) in [6.07, 6.45) is 5.36. The van der Waals surface area contributed by atoms with Crippen LogP contribution in [-0.2, 0) is 16.0 Å². The van der Waals surface area contributed by atoms with Gasteiger partial charge in [0, 0.05) is 50.8 Å². The van der Waals surface area contributed by atoms with Gasteiger partial charge in [0.15, 0.2) is 5.96 Å². The van der Waals surface area contributed by atoms with Gasteiger partial charge < -0.3 is 24.6 Å². The van der Waals surface area contributed by atoms with Gasteiger partial charge in [-0.05, 0) is 37.5 Å². The fraction of sp³-hybridized carbons (Fsp3) is 0.714. The minimum absolute atomic E-state index is 0. The third-order valence-corrected chi connectivity index (χ3v) is 6.64. The van der Waals surface area contributed by atoms with Crippen molar-refractivity contribution in [1.82, 2.24) is 15.2 Å². The quantitative estimate of drug-likeness (QED) is 0.378. The maximum absolute atomic E-state index is 6.12. The summed E-state index contributed by atoms with van der Waals surface area (Å²) in [5.41, 5.74) is 1.20. The number of aliphatic imine (C=N–C) groups is 1. The van der Waals surface area contributed by atoms with Crippen LogP contribution < -0.4 is 10.2 Å². The number of rotatable bonds is 4. The molecule has 1 aromatic heterocycles. The number of hydrogen-bond donors (Lipinski definition) is 1. The van der Waals surface area contributed by atoms with Crippen LogP contribution in [0.4, 0.5) is 5.82 Å². The lowest BCUT2D eigenvalue weighted by atomic mass is 9.82. The lowest BCUT2D eigenvalue weighted by Gasteiger charge is -2.28. The van der Waals surface area contributed by atoms with Crippen LogP contribution in [-0.4, -0.2) is 74.0 Å². The predicted octanol–water partition coefficient (Wildman–Crippen LogP) is 2.11. The second-order valence-electron chi connectivity index (χ2n) is 8.31. The van der Waals surface area contributed by atoms with Crippen molar-refractivity contribution in [3.63, 3.8) is 0 Å². The number of likely N-dealkylation sites (tertiary alicyclic amines) is 1. The molecule has 29 heavy (non-hydrogen) atoms. The average molecular weight is 513 g/mol. The Morgan fingerprint density at radius 3 is 2.62 bits per heavy atom. The summed E-state index contributed by atoms with van der Waals surface area (Å²) < 4.78 is 11.6. The van der Waals surface area contributed by atoms with Crippen molar-refractivity contribution in [2.24, 2.45) is 16.8 Å². The molecule has 4 aliphatic rings. The zero-order chi connectivity index (χ0) is 18.9. The van der Waals surface area contributed by atoms with Gasteiger partial charge in [0.2, 0.25) is 0 Å². The molecule has 0 saturated carbocycles. The van der Waals surface area contributed by atoms with Gasteiger partial charge >= 0.3 is 0 Å². The monoisotopic (exact) mass is 513 g/mol. The van der Waals surface area contributed by atoms with E-state index < -0.39 is 0 Å². The molecular weight excluding hydrogens is 481 g/mol. The van der Waals surface area contributed by atoms with Gasteiger partial charge in [0.1, 0.15) is 5.82 Å². The molecule has 0 radical (unpaired) electrons. The minimum Gasteiger partial charge on any atom is -0.378 e. The van der Waals surface area contributed by atoms with E-state index in [4.69, 9.17) is 14.5 Å². The molecule has 0 aliphatic carbocycles. The van der Waals surface area contributed by atoms with Gasteiger partial charge in [-0.1, -0.05) is 0 Å². The maximum atomic E-state index is 6.12. The molecule has 4 aliphatic heterocycles. The Morgan fingerprint density at radius 2 is 1.93 bits per heavy atom. The van der Waals surface area contributed by atoms with Crippen molar-refractivity contribution < 1.29 is 9.47 Å². The zero-order valence-corrected chi connectivity index (χ0v) is 19.5. The molecule has 0 spiro atoms. The first-order valence-electron chi connectivity index (χ1n) is 10.8. The number of hydrogen-bond acceptors (Lipinski definition) is 5. The number of anilines is 1. The predicted molar refractivity (Wildman–Crippen MR) is 124 cm³/mol. The first kappa shape index (κ1) is 21.1. The summed E-state index contributed by atoms with van der Waals surface area (Å²) >= 11 is 0. The van der Waals surface area contributed by atoms with Crippen molar-refractivity contribution >= 4 is 35.8 Å². The minimum atomic E-state index is 0. The molecule has 7 nitrogen and oxygen atoms in total. The molecular formula is C21H32IN5O2. The third-order valence-electron chi connectivity index (χ3n) is 6.64. The van der Waals surface area contributed by atoms with Gasteiger partial charge in [0.05, 0.1) is 32.0 Å². The lowest BCUT2D eigenvalue weighted by molar-refractivity contribution is 0.0767. The number of fused-ring (bicyclic) bond motifs is 5. The summed E-state index contributed by atoms with van der Waals surface area (Å²) in [5, 5.41) is 3.50. The largest absolute Gasteiger partial charge is 0.378 e. The SMILES string of the molecule is CCNC(=NCc1ccnc(N2CCOCC2)c1)N1CC2C3CCC(O3)C2C1.I. The van der Waals surface area contributed by atoms with Crippen LogP contribution in [0.25, 0.3) is 0 Å². The molecule has 1 N–H and O–H groups in total. The molecule has 4 saturated heterocycles. The fourth-order valence-electron chi connectivity index (χ4n) is 5.25. The number of guanidine groups is 1. The van der Waals surface area contributed by atoms with E-state index in [1.54, 1.807) is 0 Å².